The van der Waals surface area contributed by atoms with Gasteiger partial charge in [0, 0.05) is 18.8 Å². The van der Waals surface area contributed by atoms with E-state index in [1.807, 2.05) is 48.5 Å². The summed E-state index contributed by atoms with van der Waals surface area (Å²) in [5.41, 5.74) is 10.5. The van der Waals surface area contributed by atoms with Crippen LogP contribution in [0.25, 0.3) is 11.1 Å². The maximum absolute atomic E-state index is 11.1. The fraction of sp³-hybridized carbons (Fsp3) is 0.259. The number of rotatable bonds is 6. The van der Waals surface area contributed by atoms with E-state index in [1.54, 1.807) is 0 Å². The second-order valence-electron chi connectivity index (χ2n) is 8.45. The van der Waals surface area contributed by atoms with Gasteiger partial charge in [0.1, 0.15) is 6.04 Å². The summed E-state index contributed by atoms with van der Waals surface area (Å²) in [5, 5.41) is 19.0. The van der Waals surface area contributed by atoms with E-state index < -0.39 is 17.4 Å². The summed E-state index contributed by atoms with van der Waals surface area (Å²) in [4.78, 5) is 13.4. The van der Waals surface area contributed by atoms with Crippen molar-refractivity contribution in [2.75, 3.05) is 18.0 Å². The number of hydrogen-bond donors (Lipinski definition) is 2. The minimum Gasteiger partial charge on any atom is -0.480 e. The van der Waals surface area contributed by atoms with Crippen molar-refractivity contribution in [3.63, 3.8) is 0 Å². The average molecular weight is 426 g/mol. The molecule has 1 saturated heterocycles. The molecule has 1 fully saturated rings. The molecular weight excluding hydrogens is 398 g/mol. The van der Waals surface area contributed by atoms with Gasteiger partial charge < -0.3 is 15.7 Å². The summed E-state index contributed by atoms with van der Waals surface area (Å²) in [6.45, 7) is 1.64. The Hall–Kier alpha value is -3.62. The zero-order chi connectivity index (χ0) is 22.6. The lowest BCUT2D eigenvalue weighted by Crippen LogP contribution is -2.42. The molecule has 4 rings (SSSR count). The zero-order valence-corrected chi connectivity index (χ0v) is 17.9. The van der Waals surface area contributed by atoms with E-state index in [2.05, 4.69) is 41.3 Å². The van der Waals surface area contributed by atoms with Crippen molar-refractivity contribution in [2.24, 2.45) is 5.73 Å². The van der Waals surface area contributed by atoms with Gasteiger partial charge in [-0.1, -0.05) is 66.7 Å². The van der Waals surface area contributed by atoms with Gasteiger partial charge >= 0.3 is 5.97 Å². The summed E-state index contributed by atoms with van der Waals surface area (Å²) in [6, 6.07) is 28.1. The number of aliphatic carboxylic acids is 1. The maximum Gasteiger partial charge on any atom is 0.320 e. The van der Waals surface area contributed by atoms with Crippen LogP contribution in [0.2, 0.25) is 0 Å². The normalized spacial score (nSPS) is 16.2. The molecule has 1 aliphatic rings. The first kappa shape index (κ1) is 21.6. The third kappa shape index (κ3) is 4.51. The van der Waals surface area contributed by atoms with E-state index in [1.165, 1.54) is 0 Å². The smallest absolute Gasteiger partial charge is 0.320 e. The molecule has 3 N–H and O–H groups in total. The van der Waals surface area contributed by atoms with Crippen molar-refractivity contribution in [1.29, 1.82) is 5.26 Å². The molecule has 5 heteroatoms. The minimum absolute atomic E-state index is 0.296. The van der Waals surface area contributed by atoms with Crippen molar-refractivity contribution in [2.45, 2.75) is 30.7 Å². The third-order valence-electron chi connectivity index (χ3n) is 6.40. The Morgan fingerprint density at radius 3 is 2.31 bits per heavy atom. The quantitative estimate of drug-likeness (QED) is 0.612. The van der Waals surface area contributed by atoms with Crippen LogP contribution in [0.3, 0.4) is 0 Å². The number of piperidine rings is 1. The van der Waals surface area contributed by atoms with E-state index in [-0.39, 0.29) is 0 Å². The van der Waals surface area contributed by atoms with Crippen LogP contribution in [0.4, 0.5) is 5.69 Å². The fourth-order valence-electron chi connectivity index (χ4n) is 4.47. The Kier molecular flexibility index (Phi) is 6.25. The van der Waals surface area contributed by atoms with Gasteiger partial charge in [0.05, 0.1) is 11.5 Å². The topological polar surface area (TPSA) is 90.4 Å². The number of benzene rings is 3. The number of nitriles is 1. The van der Waals surface area contributed by atoms with Crippen molar-refractivity contribution in [3.05, 3.63) is 90.0 Å². The molecule has 0 bridgehead atoms. The van der Waals surface area contributed by atoms with E-state index in [4.69, 9.17) is 10.8 Å². The number of carboxylic acid groups (broad SMARTS) is 1. The van der Waals surface area contributed by atoms with Crippen molar-refractivity contribution < 1.29 is 9.90 Å². The first-order valence-electron chi connectivity index (χ1n) is 10.9. The van der Waals surface area contributed by atoms with Gasteiger partial charge in [0.2, 0.25) is 0 Å². The Balaban J connectivity index is 1.51. The summed E-state index contributed by atoms with van der Waals surface area (Å²) in [7, 11) is 0. The molecule has 3 aromatic rings. The van der Waals surface area contributed by atoms with Gasteiger partial charge in [0.15, 0.2) is 0 Å². The molecule has 0 amide bonds. The van der Waals surface area contributed by atoms with E-state index >= 15 is 0 Å². The molecule has 0 spiro atoms. The average Bonchev–Trinajstić information content (AvgIpc) is 2.85. The summed E-state index contributed by atoms with van der Waals surface area (Å²) >= 11 is 0. The lowest BCUT2D eigenvalue weighted by molar-refractivity contribution is -0.138. The van der Waals surface area contributed by atoms with Crippen LogP contribution >= 0.6 is 0 Å². The SMILES string of the molecule is N#CC1(c2ccccc2)CCN(c2cccc(-c3cccc(CC(N)C(=O)O)c3)c2)CC1. The summed E-state index contributed by atoms with van der Waals surface area (Å²) in [5.74, 6) is -0.994. The van der Waals surface area contributed by atoms with Gasteiger partial charge in [0.25, 0.3) is 0 Å². The largest absolute Gasteiger partial charge is 0.480 e. The number of nitrogens with two attached hydrogens (primary N) is 1. The number of anilines is 1. The molecule has 0 radical (unpaired) electrons. The molecule has 1 heterocycles. The third-order valence-corrected chi connectivity index (χ3v) is 6.40. The monoisotopic (exact) mass is 425 g/mol. The van der Waals surface area contributed by atoms with Crippen molar-refractivity contribution in [3.8, 4) is 17.2 Å². The predicted molar refractivity (Wildman–Crippen MR) is 126 cm³/mol. The maximum atomic E-state index is 11.1. The lowest BCUT2D eigenvalue weighted by Gasteiger charge is -2.39. The summed E-state index contributed by atoms with van der Waals surface area (Å²) in [6.07, 6.45) is 1.88. The van der Waals surface area contributed by atoms with Crippen LogP contribution in [-0.4, -0.2) is 30.2 Å². The highest BCUT2D eigenvalue weighted by molar-refractivity contribution is 5.74. The standard InChI is InChI=1S/C27H27N3O2/c28-19-27(23-9-2-1-3-10-23)12-14-30(15-13-27)24-11-5-8-22(18-24)21-7-4-6-20(16-21)17-25(29)26(31)32/h1-11,16,18,25H,12-15,17,29H2,(H,31,32). The summed E-state index contributed by atoms with van der Waals surface area (Å²) < 4.78 is 0. The first-order chi connectivity index (χ1) is 15.5. The molecule has 1 unspecified atom stereocenters. The van der Waals surface area contributed by atoms with Crippen LogP contribution in [-0.2, 0) is 16.6 Å². The number of carboxylic acids is 1. The lowest BCUT2D eigenvalue weighted by atomic mass is 9.74. The molecule has 162 valence electrons. The fourth-order valence-corrected chi connectivity index (χ4v) is 4.47. The van der Waals surface area contributed by atoms with E-state index in [0.717, 1.165) is 53.9 Å². The van der Waals surface area contributed by atoms with Crippen molar-refractivity contribution >= 4 is 11.7 Å². The van der Waals surface area contributed by atoms with Crippen LogP contribution in [0.1, 0.15) is 24.0 Å². The molecule has 0 saturated carbocycles. The molecular formula is C27H27N3O2. The molecule has 1 aliphatic heterocycles. The van der Waals surface area contributed by atoms with Gasteiger partial charge in [-0.2, -0.15) is 5.26 Å². The second-order valence-corrected chi connectivity index (χ2v) is 8.45. The molecule has 32 heavy (non-hydrogen) atoms. The molecule has 0 aromatic heterocycles. The van der Waals surface area contributed by atoms with Gasteiger partial charge in [-0.05, 0) is 53.6 Å². The Labute approximate surface area is 188 Å². The van der Waals surface area contributed by atoms with E-state index in [9.17, 15) is 10.1 Å². The molecule has 0 aliphatic carbocycles. The van der Waals surface area contributed by atoms with Gasteiger partial charge in [-0.25, -0.2) is 0 Å². The number of carbonyl (C=O) groups is 1. The van der Waals surface area contributed by atoms with Crippen LogP contribution < -0.4 is 10.6 Å². The van der Waals surface area contributed by atoms with Crippen LogP contribution in [0, 0.1) is 11.3 Å². The van der Waals surface area contributed by atoms with Crippen LogP contribution in [0.15, 0.2) is 78.9 Å². The molecule has 1 atom stereocenters. The highest BCUT2D eigenvalue weighted by Gasteiger charge is 2.36. The molecule has 3 aromatic carbocycles. The van der Waals surface area contributed by atoms with Crippen LogP contribution in [0.5, 0.6) is 0 Å². The number of hydrogen-bond acceptors (Lipinski definition) is 4. The van der Waals surface area contributed by atoms with Gasteiger partial charge in [-0.15, -0.1) is 0 Å². The first-order valence-corrected chi connectivity index (χ1v) is 10.9. The minimum atomic E-state index is -0.994. The zero-order valence-electron chi connectivity index (χ0n) is 17.9. The Bertz CT molecular complexity index is 1130. The Morgan fingerprint density at radius 2 is 1.66 bits per heavy atom. The highest BCUT2D eigenvalue weighted by Crippen LogP contribution is 2.37. The van der Waals surface area contributed by atoms with Crippen molar-refractivity contribution in [1.82, 2.24) is 0 Å². The predicted octanol–water partition coefficient (Wildman–Crippen LogP) is 4.37. The second kappa shape index (κ2) is 9.25. The van der Waals surface area contributed by atoms with E-state index in [0.29, 0.717) is 6.42 Å². The molecule has 5 nitrogen and oxygen atoms in total. The number of nitrogens with zero attached hydrogens (tertiary/aromatic N) is 2. The highest BCUT2D eigenvalue weighted by atomic mass is 16.4. The van der Waals surface area contributed by atoms with Gasteiger partial charge in [-0.3, -0.25) is 4.79 Å². The Morgan fingerprint density at radius 1 is 1.00 bits per heavy atom.